The molecular weight excluding hydrogens is 720 g/mol. The third-order valence-corrected chi connectivity index (χ3v) is 6.90. The standard InChI is InChI=1S/C25H44N14O8.H2O4S/c26-4-1-2-11(27)6-17(41)32-8-14-20(43)35-15(9-34-25(30)47)21(44)39-18(13-3-5-31-24(29)38-13)23(46)33-7-12(28)19(42)37-16(10-40)22(45)36-14;1-5(2,3)4/h9,11-14,16,18,40H,1-8,10,26-28H2,(H,32,41)(H,33,46)(H,35,43)(H,36,45)(H,37,42)(H,39,44)(H3,29,31,38)(H3,30,34,47);(H2,1,2,3,4)/b15-9-;. The van der Waals surface area contributed by atoms with Gasteiger partial charge in [0, 0.05) is 38.3 Å². The second-order valence-electron chi connectivity index (χ2n) is 11.1. The molecule has 0 radical (unpaired) electrons. The molecule has 2 aliphatic heterocycles. The number of aliphatic hydroxyl groups is 1. The van der Waals surface area contributed by atoms with Gasteiger partial charge in [-0.15, -0.1) is 0 Å². The first-order valence-corrected chi connectivity index (χ1v) is 16.8. The first kappa shape index (κ1) is 44.8. The van der Waals surface area contributed by atoms with E-state index in [1.165, 1.54) is 0 Å². The van der Waals surface area contributed by atoms with Crippen molar-refractivity contribution >= 4 is 57.8 Å². The van der Waals surface area contributed by atoms with Crippen LogP contribution in [0, 0.1) is 0 Å². The van der Waals surface area contributed by atoms with Gasteiger partial charge in [0.05, 0.1) is 12.6 Å². The number of rotatable bonds is 10. The number of hydrogen-bond acceptors (Lipinski definition) is 16. The van der Waals surface area contributed by atoms with Crippen molar-refractivity contribution in [2.24, 2.45) is 33.7 Å². The normalized spacial score (nSPS) is 24.9. The number of carbonyl (C=O) groups excluding carboxylic acids is 7. The summed E-state index contributed by atoms with van der Waals surface area (Å²) in [7, 11) is -4.67. The molecule has 0 aliphatic carbocycles. The smallest absolute Gasteiger partial charge is 0.394 e. The first-order chi connectivity index (χ1) is 24.2. The van der Waals surface area contributed by atoms with E-state index in [1.807, 2.05) is 5.32 Å². The summed E-state index contributed by atoms with van der Waals surface area (Å²) < 4.78 is 31.6. The minimum absolute atomic E-state index is 0.0120. The summed E-state index contributed by atoms with van der Waals surface area (Å²) in [6.45, 7) is -1.36. The van der Waals surface area contributed by atoms with Crippen LogP contribution in [0.3, 0.4) is 0 Å². The van der Waals surface area contributed by atoms with E-state index in [2.05, 4.69) is 42.2 Å². The Bertz CT molecular complexity index is 1470. The van der Waals surface area contributed by atoms with Crippen LogP contribution in [0.4, 0.5) is 4.79 Å². The van der Waals surface area contributed by atoms with Crippen molar-refractivity contribution in [3.8, 4) is 0 Å². The van der Waals surface area contributed by atoms with Crippen LogP contribution < -0.4 is 71.2 Å². The van der Waals surface area contributed by atoms with E-state index in [0.717, 1.165) is 6.20 Å². The van der Waals surface area contributed by atoms with Crippen molar-refractivity contribution in [2.45, 2.75) is 61.9 Å². The van der Waals surface area contributed by atoms with Crippen molar-refractivity contribution in [3.05, 3.63) is 11.9 Å². The number of urea groups is 1. The number of hydrogen-bond donors (Lipinski definition) is 16. The highest BCUT2D eigenvalue weighted by Crippen LogP contribution is 2.07. The molecule has 2 rings (SSSR count). The maximum absolute atomic E-state index is 13.5. The van der Waals surface area contributed by atoms with Gasteiger partial charge in [-0.3, -0.25) is 42.9 Å². The Labute approximate surface area is 296 Å². The topological polar surface area (TPSA) is 453 Å². The van der Waals surface area contributed by atoms with E-state index >= 15 is 0 Å². The summed E-state index contributed by atoms with van der Waals surface area (Å²) in [4.78, 5) is 93.9. The molecule has 0 aromatic rings. The number of nitrogens with two attached hydrogens (primary N) is 5. The van der Waals surface area contributed by atoms with E-state index in [4.69, 9.17) is 46.2 Å². The molecule has 26 nitrogen and oxygen atoms in total. The molecule has 52 heavy (non-hydrogen) atoms. The molecule has 0 spiro atoms. The van der Waals surface area contributed by atoms with E-state index in [1.54, 1.807) is 0 Å². The fraction of sp³-hybridized carbons (Fsp3) is 0.600. The van der Waals surface area contributed by atoms with Crippen LogP contribution in [0.15, 0.2) is 16.9 Å². The van der Waals surface area contributed by atoms with Gasteiger partial charge < -0.3 is 76.3 Å². The Morgan fingerprint density at radius 2 is 1.63 bits per heavy atom. The van der Waals surface area contributed by atoms with Gasteiger partial charge in [0.25, 0.3) is 5.91 Å². The van der Waals surface area contributed by atoms with Crippen LogP contribution in [0.2, 0.25) is 0 Å². The van der Waals surface area contributed by atoms with Crippen LogP contribution in [0.1, 0.15) is 25.7 Å². The molecule has 0 bridgehead atoms. The molecule has 294 valence electrons. The quantitative estimate of drug-likeness (QED) is 0.0725. The van der Waals surface area contributed by atoms with Crippen molar-refractivity contribution in [1.29, 1.82) is 0 Å². The monoisotopic (exact) mass is 766 g/mol. The van der Waals surface area contributed by atoms with Crippen LogP contribution in [-0.2, 0) is 39.2 Å². The third kappa shape index (κ3) is 17.6. The van der Waals surface area contributed by atoms with Gasteiger partial charge in [-0.1, -0.05) is 0 Å². The Balaban J connectivity index is 0.00000252. The minimum Gasteiger partial charge on any atom is -0.394 e. The highest BCUT2D eigenvalue weighted by molar-refractivity contribution is 7.79. The van der Waals surface area contributed by atoms with Crippen molar-refractivity contribution in [3.63, 3.8) is 0 Å². The largest absolute Gasteiger partial charge is 0.394 e. The predicted octanol–water partition coefficient (Wildman–Crippen LogP) is -8.89. The Hall–Kier alpha value is -5.19. The van der Waals surface area contributed by atoms with Crippen molar-refractivity contribution in [1.82, 2.24) is 42.5 Å². The Morgan fingerprint density at radius 3 is 2.21 bits per heavy atom. The zero-order valence-corrected chi connectivity index (χ0v) is 28.5. The number of aliphatic hydroxyl groups excluding tert-OH is 1. The zero-order valence-electron chi connectivity index (χ0n) is 27.7. The molecule has 0 aromatic heterocycles. The minimum atomic E-state index is -4.67. The van der Waals surface area contributed by atoms with Gasteiger partial charge in [-0.2, -0.15) is 8.42 Å². The number of primary amides is 1. The number of guanidine groups is 1. The lowest BCUT2D eigenvalue weighted by Gasteiger charge is -2.31. The van der Waals surface area contributed by atoms with E-state index < -0.39 is 114 Å². The lowest BCUT2D eigenvalue weighted by atomic mass is 10.0. The predicted molar refractivity (Wildman–Crippen MR) is 179 cm³/mol. The molecule has 0 saturated carbocycles. The average molecular weight is 767 g/mol. The molecule has 2 aliphatic rings. The van der Waals surface area contributed by atoms with Crippen LogP contribution >= 0.6 is 0 Å². The Kier molecular flexibility index (Phi) is 18.9. The maximum atomic E-state index is 13.5. The van der Waals surface area contributed by atoms with Gasteiger partial charge in [0.1, 0.15) is 29.9 Å². The summed E-state index contributed by atoms with van der Waals surface area (Å²) in [5.74, 6) is -5.62. The summed E-state index contributed by atoms with van der Waals surface area (Å²) in [5.41, 5.74) is 27.6. The van der Waals surface area contributed by atoms with E-state index in [0.29, 0.717) is 19.4 Å². The summed E-state index contributed by atoms with van der Waals surface area (Å²) >= 11 is 0. The number of nitrogens with one attached hydrogen (secondary N) is 8. The van der Waals surface area contributed by atoms with Gasteiger partial charge in [-0.05, 0) is 25.8 Å². The SMILES string of the molecule is NCCCC(N)CC(=O)NCC1NC(=O)C(CO)NC(=O)C(N)CNC(=O)C(C2CCN=C(N)N2)NC(=O)/C(=C/NC(N)=O)NC1=O.O=S(=O)(O)O. The fourth-order valence-electron chi connectivity index (χ4n) is 4.35. The van der Waals surface area contributed by atoms with Crippen LogP contribution in [-0.4, -0.2) is 139 Å². The van der Waals surface area contributed by atoms with Gasteiger partial charge in [0.15, 0.2) is 5.96 Å². The van der Waals surface area contributed by atoms with Crippen molar-refractivity contribution in [2.75, 3.05) is 32.8 Å². The Morgan fingerprint density at radius 1 is 1.00 bits per heavy atom. The second kappa shape index (κ2) is 21.9. The fourth-order valence-corrected chi connectivity index (χ4v) is 4.35. The zero-order chi connectivity index (χ0) is 39.6. The number of nitrogens with zero attached hydrogens (tertiary/aromatic N) is 1. The summed E-state index contributed by atoms with van der Waals surface area (Å²) in [6.07, 6.45) is 1.86. The van der Waals surface area contributed by atoms with Crippen LogP contribution in [0.5, 0.6) is 0 Å². The summed E-state index contributed by atoms with van der Waals surface area (Å²) in [6, 6.07) is -8.54. The first-order valence-electron chi connectivity index (χ1n) is 15.4. The molecule has 21 N–H and O–H groups in total. The van der Waals surface area contributed by atoms with E-state index in [-0.39, 0.29) is 25.3 Å². The number of aliphatic imine (C=N–C) groups is 1. The molecule has 27 heteroatoms. The number of carbonyl (C=O) groups is 7. The maximum Gasteiger partial charge on any atom is 0.394 e. The average Bonchev–Trinajstić information content (AvgIpc) is 3.05. The molecular formula is C25H46N14O12S. The second-order valence-corrected chi connectivity index (χ2v) is 12.0. The molecule has 0 aromatic carbocycles. The van der Waals surface area contributed by atoms with Crippen LogP contribution in [0.25, 0.3) is 0 Å². The van der Waals surface area contributed by atoms with Crippen molar-refractivity contribution < 1.29 is 56.2 Å². The molecule has 1 fully saturated rings. The highest BCUT2D eigenvalue weighted by Gasteiger charge is 2.35. The van der Waals surface area contributed by atoms with E-state index in [9.17, 15) is 38.7 Å². The lowest BCUT2D eigenvalue weighted by Crippen LogP contribution is -2.64. The molecule has 6 atom stereocenters. The number of amides is 8. The molecule has 2 heterocycles. The van der Waals surface area contributed by atoms with Gasteiger partial charge in [0.2, 0.25) is 29.5 Å². The third-order valence-electron chi connectivity index (χ3n) is 6.90. The molecule has 6 unspecified atom stereocenters. The highest BCUT2D eigenvalue weighted by atomic mass is 32.3. The summed E-state index contributed by atoms with van der Waals surface area (Å²) in [5, 5.41) is 28.7. The van der Waals surface area contributed by atoms with Gasteiger partial charge >= 0.3 is 16.4 Å². The molecule has 1 saturated heterocycles. The van der Waals surface area contributed by atoms with Gasteiger partial charge in [-0.25, -0.2) is 4.79 Å². The molecule has 8 amide bonds. The lowest BCUT2D eigenvalue weighted by molar-refractivity contribution is -0.134.